The molecule has 0 aliphatic rings. The van der Waals surface area contributed by atoms with Gasteiger partial charge in [0.15, 0.2) is 5.78 Å². The predicted octanol–water partition coefficient (Wildman–Crippen LogP) is 4.97. The quantitative estimate of drug-likeness (QED) is 0.482. The van der Waals surface area contributed by atoms with E-state index in [1.165, 1.54) is 0 Å². The molecule has 1 N–H and O–H groups in total. The molecule has 20 heavy (non-hydrogen) atoms. The number of aromatic amines is 1. The summed E-state index contributed by atoms with van der Waals surface area (Å²) in [7, 11) is 0. The van der Waals surface area contributed by atoms with Crippen LogP contribution in [0.2, 0.25) is 5.02 Å². The second-order valence-corrected chi connectivity index (χ2v) is 6.25. The average Bonchev–Trinajstić information content (AvgIpc) is 2.86. The lowest BCUT2D eigenvalue weighted by Crippen LogP contribution is -2.03. The van der Waals surface area contributed by atoms with Crippen LogP contribution >= 0.6 is 34.2 Å². The Morgan fingerprint density at radius 2 is 2.00 bits per heavy atom. The van der Waals surface area contributed by atoms with Crippen molar-refractivity contribution in [3.05, 3.63) is 67.9 Å². The molecule has 0 spiro atoms. The molecule has 0 bridgehead atoms. The maximum Gasteiger partial charge on any atom is 0.196 e. The molecule has 0 fully saturated rings. The number of H-pyrrole nitrogens is 1. The number of aromatic nitrogens is 1. The summed E-state index contributed by atoms with van der Waals surface area (Å²) in [6, 6.07) is 11.3. The highest BCUT2D eigenvalue weighted by Crippen LogP contribution is 2.27. The van der Waals surface area contributed by atoms with Crippen LogP contribution in [0.5, 0.6) is 0 Å². The van der Waals surface area contributed by atoms with Crippen molar-refractivity contribution in [1.82, 2.24) is 4.98 Å². The highest BCUT2D eigenvalue weighted by Gasteiger charge is 2.18. The lowest BCUT2D eigenvalue weighted by molar-refractivity contribution is 0.103. The van der Waals surface area contributed by atoms with Crippen LogP contribution < -0.4 is 0 Å². The van der Waals surface area contributed by atoms with Gasteiger partial charge in [-0.2, -0.15) is 0 Å². The highest BCUT2D eigenvalue weighted by atomic mass is 127. The SMILES string of the molecule is Cc1cccc2[nH]cc(C(=O)c3cc(Cl)ccc3I)c12. The summed E-state index contributed by atoms with van der Waals surface area (Å²) < 4.78 is 0.903. The number of rotatable bonds is 2. The largest absolute Gasteiger partial charge is 0.360 e. The Hall–Kier alpha value is -1.33. The Morgan fingerprint density at radius 3 is 2.80 bits per heavy atom. The fraction of sp³-hybridized carbons (Fsp3) is 0.0625. The summed E-state index contributed by atoms with van der Waals surface area (Å²) in [6.07, 6.45) is 1.77. The standard InChI is InChI=1S/C16H11ClINO/c1-9-3-2-4-14-15(9)12(8-19-14)16(20)11-7-10(17)5-6-13(11)18/h2-8,19H,1H3. The van der Waals surface area contributed by atoms with E-state index in [0.717, 1.165) is 20.0 Å². The summed E-state index contributed by atoms with van der Waals surface area (Å²) in [6.45, 7) is 2.01. The smallest absolute Gasteiger partial charge is 0.196 e. The van der Waals surface area contributed by atoms with Crippen molar-refractivity contribution in [2.24, 2.45) is 0 Å². The Balaban J connectivity index is 2.21. The number of fused-ring (bicyclic) bond motifs is 1. The maximum absolute atomic E-state index is 12.8. The van der Waals surface area contributed by atoms with Crippen molar-refractivity contribution < 1.29 is 4.79 Å². The topological polar surface area (TPSA) is 32.9 Å². The van der Waals surface area contributed by atoms with Crippen molar-refractivity contribution in [3.8, 4) is 0 Å². The normalized spacial score (nSPS) is 10.9. The molecule has 0 aliphatic carbocycles. The van der Waals surface area contributed by atoms with Gasteiger partial charge in [0.1, 0.15) is 0 Å². The Bertz CT molecular complexity index is 822. The van der Waals surface area contributed by atoms with Crippen molar-refractivity contribution in [2.45, 2.75) is 6.92 Å². The fourth-order valence-corrected chi connectivity index (χ4v) is 3.12. The first-order chi connectivity index (χ1) is 9.58. The van der Waals surface area contributed by atoms with Gasteiger partial charge in [0.2, 0.25) is 0 Å². The monoisotopic (exact) mass is 395 g/mol. The summed E-state index contributed by atoms with van der Waals surface area (Å²) in [5, 5.41) is 1.55. The average molecular weight is 396 g/mol. The molecule has 0 amide bonds. The molecule has 1 heterocycles. The number of carbonyl (C=O) groups is 1. The molecule has 0 atom stereocenters. The summed E-state index contributed by atoms with van der Waals surface area (Å²) in [5.74, 6) is -0.00236. The Kier molecular flexibility index (Phi) is 3.56. The lowest BCUT2D eigenvalue weighted by atomic mass is 10.00. The molecule has 0 radical (unpaired) electrons. The molecule has 100 valence electrons. The van der Waals surface area contributed by atoms with Gasteiger partial charge in [-0.15, -0.1) is 0 Å². The molecule has 0 saturated carbocycles. The van der Waals surface area contributed by atoms with Crippen LogP contribution in [0.25, 0.3) is 10.9 Å². The van der Waals surface area contributed by atoms with Gasteiger partial charge in [-0.3, -0.25) is 4.79 Å². The number of halogens is 2. The number of carbonyl (C=O) groups excluding carboxylic acids is 1. The van der Waals surface area contributed by atoms with Crippen molar-refractivity contribution in [1.29, 1.82) is 0 Å². The van der Waals surface area contributed by atoms with Gasteiger partial charge in [-0.25, -0.2) is 0 Å². The molecule has 2 aromatic carbocycles. The minimum Gasteiger partial charge on any atom is -0.360 e. The van der Waals surface area contributed by atoms with Crippen LogP contribution in [0.4, 0.5) is 0 Å². The highest BCUT2D eigenvalue weighted by molar-refractivity contribution is 14.1. The van der Waals surface area contributed by atoms with Gasteiger partial charge in [-0.05, 0) is 59.3 Å². The second kappa shape index (κ2) is 5.22. The number of ketones is 1. The van der Waals surface area contributed by atoms with Crippen LogP contribution in [0.3, 0.4) is 0 Å². The summed E-state index contributed by atoms with van der Waals surface area (Å²) in [4.78, 5) is 15.9. The fourth-order valence-electron chi connectivity index (χ4n) is 2.36. The number of aryl methyl sites for hydroxylation is 1. The number of nitrogens with one attached hydrogen (secondary N) is 1. The second-order valence-electron chi connectivity index (χ2n) is 4.65. The van der Waals surface area contributed by atoms with Crippen molar-refractivity contribution in [2.75, 3.05) is 0 Å². The molecular formula is C16H11ClINO. The van der Waals surface area contributed by atoms with Gasteiger partial charge in [0, 0.05) is 36.8 Å². The first kappa shape index (κ1) is 13.6. The number of hydrogen-bond donors (Lipinski definition) is 1. The zero-order chi connectivity index (χ0) is 14.3. The molecule has 1 aromatic heterocycles. The lowest BCUT2D eigenvalue weighted by Gasteiger charge is -2.05. The van der Waals surface area contributed by atoms with E-state index in [9.17, 15) is 4.79 Å². The van der Waals surface area contributed by atoms with E-state index in [4.69, 9.17) is 11.6 Å². The van der Waals surface area contributed by atoms with Crippen molar-refractivity contribution >= 4 is 50.9 Å². The maximum atomic E-state index is 12.8. The number of benzene rings is 2. The molecule has 2 nitrogen and oxygen atoms in total. The van der Waals surface area contributed by atoms with E-state index >= 15 is 0 Å². The minimum absolute atomic E-state index is 0.00236. The van der Waals surface area contributed by atoms with Crippen LogP contribution in [-0.2, 0) is 0 Å². The number of hydrogen-bond acceptors (Lipinski definition) is 1. The predicted molar refractivity (Wildman–Crippen MR) is 90.6 cm³/mol. The van der Waals surface area contributed by atoms with Crippen LogP contribution in [-0.4, -0.2) is 10.8 Å². The van der Waals surface area contributed by atoms with E-state index in [0.29, 0.717) is 16.1 Å². The van der Waals surface area contributed by atoms with Gasteiger partial charge >= 0.3 is 0 Å². The summed E-state index contributed by atoms with van der Waals surface area (Å²) >= 11 is 8.17. The van der Waals surface area contributed by atoms with E-state index in [1.54, 1.807) is 18.3 Å². The Morgan fingerprint density at radius 1 is 1.20 bits per heavy atom. The first-order valence-corrected chi connectivity index (χ1v) is 7.60. The minimum atomic E-state index is -0.00236. The molecule has 0 aliphatic heterocycles. The van der Waals surface area contributed by atoms with E-state index < -0.39 is 0 Å². The van der Waals surface area contributed by atoms with Crippen molar-refractivity contribution in [3.63, 3.8) is 0 Å². The molecule has 0 saturated heterocycles. The zero-order valence-corrected chi connectivity index (χ0v) is 13.6. The van der Waals surface area contributed by atoms with E-state index in [-0.39, 0.29) is 5.78 Å². The van der Waals surface area contributed by atoms with Crippen LogP contribution in [0.1, 0.15) is 21.5 Å². The Labute approximate surface area is 135 Å². The molecule has 3 rings (SSSR count). The van der Waals surface area contributed by atoms with Crippen LogP contribution in [0, 0.1) is 10.5 Å². The molecule has 3 aromatic rings. The molecular weight excluding hydrogens is 385 g/mol. The third-order valence-corrected chi connectivity index (χ3v) is 4.51. The van der Waals surface area contributed by atoms with E-state index in [1.807, 2.05) is 31.2 Å². The zero-order valence-electron chi connectivity index (χ0n) is 10.7. The third kappa shape index (κ3) is 2.25. The first-order valence-electron chi connectivity index (χ1n) is 6.14. The molecule has 4 heteroatoms. The van der Waals surface area contributed by atoms with Gasteiger partial charge < -0.3 is 4.98 Å². The van der Waals surface area contributed by atoms with Gasteiger partial charge in [0.05, 0.1) is 0 Å². The van der Waals surface area contributed by atoms with Gasteiger partial charge in [0.25, 0.3) is 0 Å². The third-order valence-electron chi connectivity index (χ3n) is 3.33. The van der Waals surface area contributed by atoms with Crippen LogP contribution in [0.15, 0.2) is 42.6 Å². The summed E-state index contributed by atoms with van der Waals surface area (Å²) in [5.41, 5.74) is 3.40. The van der Waals surface area contributed by atoms with Gasteiger partial charge in [-0.1, -0.05) is 23.7 Å². The molecule has 0 unspecified atom stereocenters. The van der Waals surface area contributed by atoms with E-state index in [2.05, 4.69) is 27.6 Å².